The number of rotatable bonds is 4. The Morgan fingerprint density at radius 2 is 1.94 bits per heavy atom. The van der Waals surface area contributed by atoms with Gasteiger partial charge in [0.1, 0.15) is 0 Å². The average Bonchev–Trinajstić information content (AvgIpc) is 2.71. The summed E-state index contributed by atoms with van der Waals surface area (Å²) in [5.74, 6) is 0.314. The van der Waals surface area contributed by atoms with E-state index in [9.17, 15) is 5.11 Å². The Kier molecular flexibility index (Phi) is 3.71. The zero-order valence-electron chi connectivity index (χ0n) is 11.6. The molecule has 1 N–H and O–H groups in total. The molecule has 2 unspecified atom stereocenters. The van der Waals surface area contributed by atoms with Crippen LogP contribution < -0.4 is 0 Å². The third-order valence-corrected chi connectivity index (χ3v) is 3.92. The first-order chi connectivity index (χ1) is 8.52. The van der Waals surface area contributed by atoms with Crippen molar-refractivity contribution in [3.63, 3.8) is 0 Å². The molecule has 2 atom stereocenters. The van der Waals surface area contributed by atoms with Gasteiger partial charge in [-0.1, -0.05) is 20.3 Å². The number of nitrogens with zero attached hydrogens (tertiary/aromatic N) is 2. The van der Waals surface area contributed by atoms with E-state index < -0.39 is 0 Å². The minimum absolute atomic E-state index is 0.311. The molecule has 3 heteroatoms. The van der Waals surface area contributed by atoms with E-state index in [-0.39, 0.29) is 6.10 Å². The van der Waals surface area contributed by atoms with Crippen LogP contribution in [0.2, 0.25) is 0 Å². The van der Waals surface area contributed by atoms with E-state index in [1.54, 1.807) is 0 Å². The predicted octanol–water partition coefficient (Wildman–Crippen LogP) is 3.06. The first-order valence-corrected chi connectivity index (χ1v) is 6.63. The molecular weight excluding hydrogens is 224 g/mol. The van der Waals surface area contributed by atoms with Gasteiger partial charge >= 0.3 is 0 Å². The van der Waals surface area contributed by atoms with Crippen molar-refractivity contribution in [2.24, 2.45) is 5.92 Å². The number of hydrogen-bond acceptors (Lipinski definition) is 2. The predicted molar refractivity (Wildman–Crippen MR) is 74.7 cm³/mol. The Morgan fingerprint density at radius 3 is 2.61 bits per heavy atom. The van der Waals surface area contributed by atoms with Gasteiger partial charge in [0.05, 0.1) is 30.0 Å². The molecule has 3 nitrogen and oxygen atoms in total. The van der Waals surface area contributed by atoms with Crippen LogP contribution in [0.4, 0.5) is 0 Å². The van der Waals surface area contributed by atoms with Crippen molar-refractivity contribution in [1.82, 2.24) is 9.55 Å². The fourth-order valence-corrected chi connectivity index (χ4v) is 2.11. The number of hydrogen-bond donors (Lipinski definition) is 1. The summed E-state index contributed by atoms with van der Waals surface area (Å²) >= 11 is 0. The van der Waals surface area contributed by atoms with Crippen LogP contribution in [0.3, 0.4) is 0 Å². The molecule has 98 valence electrons. The number of aryl methyl sites for hydroxylation is 2. The molecule has 1 aromatic carbocycles. The van der Waals surface area contributed by atoms with E-state index in [0.717, 1.165) is 17.5 Å². The SMILES string of the molecule is CCC(C)C(O)Cn1cnc2cc(C)c(C)cc21. The summed E-state index contributed by atoms with van der Waals surface area (Å²) in [4.78, 5) is 4.41. The van der Waals surface area contributed by atoms with Gasteiger partial charge < -0.3 is 9.67 Å². The van der Waals surface area contributed by atoms with Crippen LogP contribution in [-0.2, 0) is 6.54 Å². The van der Waals surface area contributed by atoms with Crippen molar-refractivity contribution in [1.29, 1.82) is 0 Å². The van der Waals surface area contributed by atoms with Crippen molar-refractivity contribution in [3.8, 4) is 0 Å². The summed E-state index contributed by atoms with van der Waals surface area (Å²) in [6, 6.07) is 4.26. The smallest absolute Gasteiger partial charge is 0.0959 e. The second-order valence-electron chi connectivity index (χ2n) is 5.27. The van der Waals surface area contributed by atoms with Gasteiger partial charge in [0.15, 0.2) is 0 Å². The molecule has 0 amide bonds. The van der Waals surface area contributed by atoms with Crippen molar-refractivity contribution in [2.45, 2.75) is 46.8 Å². The molecule has 1 heterocycles. The Bertz CT molecular complexity index is 545. The first-order valence-electron chi connectivity index (χ1n) is 6.63. The number of benzene rings is 1. The molecule has 18 heavy (non-hydrogen) atoms. The van der Waals surface area contributed by atoms with E-state index >= 15 is 0 Å². The van der Waals surface area contributed by atoms with E-state index in [1.165, 1.54) is 11.1 Å². The molecule has 0 radical (unpaired) electrons. The largest absolute Gasteiger partial charge is 0.391 e. The highest BCUT2D eigenvalue weighted by molar-refractivity contribution is 5.77. The highest BCUT2D eigenvalue weighted by Crippen LogP contribution is 2.20. The van der Waals surface area contributed by atoms with Crippen LogP contribution in [0, 0.1) is 19.8 Å². The second-order valence-corrected chi connectivity index (χ2v) is 5.27. The van der Waals surface area contributed by atoms with Crippen molar-refractivity contribution < 1.29 is 5.11 Å². The van der Waals surface area contributed by atoms with Gasteiger partial charge in [-0.05, 0) is 43.0 Å². The van der Waals surface area contributed by atoms with E-state index in [2.05, 4.69) is 49.4 Å². The summed E-state index contributed by atoms with van der Waals surface area (Å²) in [5.41, 5.74) is 4.65. The summed E-state index contributed by atoms with van der Waals surface area (Å²) < 4.78 is 2.05. The molecule has 0 bridgehead atoms. The Hall–Kier alpha value is -1.35. The maximum absolute atomic E-state index is 10.1. The van der Waals surface area contributed by atoms with Gasteiger partial charge in [-0.25, -0.2) is 4.98 Å². The van der Waals surface area contributed by atoms with Crippen LogP contribution >= 0.6 is 0 Å². The van der Waals surface area contributed by atoms with Crippen LogP contribution in [0.5, 0.6) is 0 Å². The van der Waals surface area contributed by atoms with E-state index in [0.29, 0.717) is 12.5 Å². The third kappa shape index (κ3) is 2.41. The summed E-state index contributed by atoms with van der Waals surface area (Å²) in [5, 5.41) is 10.1. The van der Waals surface area contributed by atoms with Gasteiger partial charge in [0.2, 0.25) is 0 Å². The number of fused-ring (bicyclic) bond motifs is 1. The lowest BCUT2D eigenvalue weighted by Crippen LogP contribution is -2.22. The molecule has 2 rings (SSSR count). The monoisotopic (exact) mass is 246 g/mol. The molecule has 0 saturated carbocycles. The van der Waals surface area contributed by atoms with Crippen LogP contribution in [-0.4, -0.2) is 20.8 Å². The summed E-state index contributed by atoms with van der Waals surface area (Å²) in [7, 11) is 0. The van der Waals surface area contributed by atoms with E-state index in [4.69, 9.17) is 0 Å². The molecule has 0 aliphatic carbocycles. The van der Waals surface area contributed by atoms with Crippen LogP contribution in [0.15, 0.2) is 18.5 Å². The minimum Gasteiger partial charge on any atom is -0.391 e. The fourth-order valence-electron chi connectivity index (χ4n) is 2.11. The Balaban J connectivity index is 2.32. The maximum Gasteiger partial charge on any atom is 0.0959 e. The average molecular weight is 246 g/mol. The lowest BCUT2D eigenvalue weighted by Gasteiger charge is -2.18. The maximum atomic E-state index is 10.1. The highest BCUT2D eigenvalue weighted by Gasteiger charge is 2.14. The van der Waals surface area contributed by atoms with Crippen molar-refractivity contribution >= 4 is 11.0 Å². The zero-order chi connectivity index (χ0) is 13.3. The molecule has 0 aliphatic heterocycles. The molecule has 0 fully saturated rings. The van der Waals surface area contributed by atoms with Gasteiger partial charge in [0, 0.05) is 0 Å². The molecule has 0 spiro atoms. The molecular formula is C15H22N2O. The Morgan fingerprint density at radius 1 is 1.28 bits per heavy atom. The number of aliphatic hydroxyl groups is 1. The number of aromatic nitrogens is 2. The van der Waals surface area contributed by atoms with Gasteiger partial charge in [0.25, 0.3) is 0 Å². The standard InChI is InChI=1S/C15H22N2O/c1-5-10(2)15(18)8-17-9-16-13-6-11(3)12(4)7-14(13)17/h6-7,9-10,15,18H,5,8H2,1-4H3. The van der Waals surface area contributed by atoms with Crippen LogP contribution in [0.25, 0.3) is 11.0 Å². The third-order valence-electron chi connectivity index (χ3n) is 3.92. The zero-order valence-corrected chi connectivity index (χ0v) is 11.6. The number of imidazole rings is 1. The van der Waals surface area contributed by atoms with E-state index in [1.807, 2.05) is 6.33 Å². The molecule has 2 aromatic rings. The van der Waals surface area contributed by atoms with Gasteiger partial charge in [-0.15, -0.1) is 0 Å². The summed E-state index contributed by atoms with van der Waals surface area (Å²) in [6.45, 7) is 9.01. The lowest BCUT2D eigenvalue weighted by atomic mass is 10.0. The van der Waals surface area contributed by atoms with Gasteiger partial charge in [-0.2, -0.15) is 0 Å². The topological polar surface area (TPSA) is 38.0 Å². The normalized spacial score (nSPS) is 14.9. The Labute approximate surface area is 108 Å². The van der Waals surface area contributed by atoms with Crippen LogP contribution in [0.1, 0.15) is 31.4 Å². The first kappa shape index (κ1) is 13.1. The molecule has 1 aromatic heterocycles. The lowest BCUT2D eigenvalue weighted by molar-refractivity contribution is 0.0977. The number of aliphatic hydroxyl groups excluding tert-OH is 1. The minimum atomic E-state index is -0.311. The highest BCUT2D eigenvalue weighted by atomic mass is 16.3. The molecule has 0 saturated heterocycles. The quantitative estimate of drug-likeness (QED) is 0.900. The van der Waals surface area contributed by atoms with Gasteiger partial charge in [-0.3, -0.25) is 0 Å². The summed E-state index contributed by atoms with van der Waals surface area (Å²) in [6.07, 6.45) is 2.51. The second kappa shape index (κ2) is 5.11. The van der Waals surface area contributed by atoms with Crippen molar-refractivity contribution in [2.75, 3.05) is 0 Å². The fraction of sp³-hybridized carbons (Fsp3) is 0.533. The molecule has 0 aliphatic rings. The van der Waals surface area contributed by atoms with Crippen molar-refractivity contribution in [3.05, 3.63) is 29.6 Å².